The Bertz CT molecular complexity index is 1310. The van der Waals surface area contributed by atoms with E-state index in [1.165, 1.54) is 6.07 Å². The summed E-state index contributed by atoms with van der Waals surface area (Å²) in [5.74, 6) is -2.79. The van der Waals surface area contributed by atoms with Gasteiger partial charge in [-0.2, -0.15) is 0 Å². The number of halogens is 1. The number of anilines is 1. The molecule has 0 radical (unpaired) electrons. The topological polar surface area (TPSA) is 86.7 Å². The molecule has 2 bridgehead atoms. The molecule has 6 nitrogen and oxygen atoms in total. The average molecular weight is 503 g/mol. The highest BCUT2D eigenvalue weighted by Crippen LogP contribution is 2.66. The number of phenolic OH excluding ortho intramolecular Hbond substituents is 1. The molecule has 33 heavy (non-hydrogen) atoms. The Morgan fingerprint density at radius 1 is 0.909 bits per heavy atom. The van der Waals surface area contributed by atoms with Crippen molar-refractivity contribution < 1.29 is 19.5 Å². The van der Waals surface area contributed by atoms with Crippen molar-refractivity contribution >= 4 is 39.3 Å². The van der Waals surface area contributed by atoms with Crippen molar-refractivity contribution in [3.8, 4) is 5.75 Å². The van der Waals surface area contributed by atoms with Gasteiger partial charge in [-0.15, -0.1) is 0 Å². The summed E-state index contributed by atoms with van der Waals surface area (Å²) >= 11 is 3.93. The summed E-state index contributed by atoms with van der Waals surface area (Å²) in [6, 6.07) is 22.2. The summed E-state index contributed by atoms with van der Waals surface area (Å²) < 4.78 is -0.838. The Morgan fingerprint density at radius 3 is 2.12 bits per heavy atom. The fraction of sp³-hybridized carbons (Fsp3) is 0.192. The highest BCUT2D eigenvalue weighted by Gasteiger charge is 2.67. The largest absolute Gasteiger partial charge is 0.506 e. The number of benzene rings is 3. The maximum atomic E-state index is 13.7. The van der Waals surface area contributed by atoms with Gasteiger partial charge in [0.1, 0.15) is 12.3 Å². The van der Waals surface area contributed by atoms with Crippen LogP contribution in [0.1, 0.15) is 28.2 Å². The van der Waals surface area contributed by atoms with Crippen LogP contribution in [-0.2, 0) is 18.7 Å². The number of hydrogen-bond acceptors (Lipinski definition) is 4. The van der Waals surface area contributed by atoms with Crippen LogP contribution in [0.2, 0.25) is 0 Å². The Morgan fingerprint density at radius 2 is 1.48 bits per heavy atom. The molecule has 1 heterocycles. The number of alkyl halides is 1. The zero-order valence-corrected chi connectivity index (χ0v) is 19.0. The van der Waals surface area contributed by atoms with E-state index in [-0.39, 0.29) is 29.2 Å². The van der Waals surface area contributed by atoms with Crippen LogP contribution in [-0.4, -0.2) is 34.3 Å². The lowest BCUT2D eigenvalue weighted by molar-refractivity contribution is -0.142. The standard InChI is InChI=1S/C26H19BrN2O4/c27-26-16-9-3-1-7-14(16)21(15-8-2-4-10-17(15)26)22-23(26)25(33)29(24(22)32)13-20(31)28-18-11-5-6-12-19(18)30/h1-12,21-23,30H,13H2,(H,28,31)/t21?,22-,23+,26?/m0/s1. The number of aromatic hydroxyl groups is 1. The molecule has 1 aliphatic heterocycles. The SMILES string of the molecule is O=C(CN1C(=O)[C@H]2C3c4ccccc4C(Br)(c4ccccc43)[C@H]2C1=O)Nc1ccccc1O. The van der Waals surface area contributed by atoms with E-state index in [1.54, 1.807) is 18.2 Å². The van der Waals surface area contributed by atoms with Gasteiger partial charge in [0.15, 0.2) is 0 Å². The fourth-order valence-corrected chi connectivity index (χ4v) is 7.01. The van der Waals surface area contributed by atoms with Crippen molar-refractivity contribution in [2.24, 2.45) is 11.8 Å². The van der Waals surface area contributed by atoms with E-state index in [9.17, 15) is 19.5 Å². The lowest BCUT2D eigenvalue weighted by Crippen LogP contribution is -2.50. The van der Waals surface area contributed by atoms with Crippen LogP contribution in [0.25, 0.3) is 0 Å². The molecule has 0 saturated carbocycles. The zero-order chi connectivity index (χ0) is 22.9. The van der Waals surface area contributed by atoms with E-state index >= 15 is 0 Å². The summed E-state index contributed by atoms with van der Waals surface area (Å²) in [6.07, 6.45) is 0. The number of phenols is 1. The second kappa shape index (κ2) is 7.02. The summed E-state index contributed by atoms with van der Waals surface area (Å²) in [4.78, 5) is 41.1. The molecule has 1 saturated heterocycles. The Balaban J connectivity index is 1.40. The second-order valence-corrected chi connectivity index (χ2v) is 9.95. The highest BCUT2D eigenvalue weighted by atomic mass is 79.9. The minimum Gasteiger partial charge on any atom is -0.506 e. The molecule has 4 aliphatic rings. The number of rotatable bonds is 3. The van der Waals surface area contributed by atoms with E-state index in [2.05, 4.69) is 21.2 Å². The van der Waals surface area contributed by atoms with E-state index in [0.29, 0.717) is 0 Å². The van der Waals surface area contributed by atoms with Crippen LogP contribution >= 0.6 is 15.9 Å². The molecule has 7 heteroatoms. The number of nitrogens with zero attached hydrogens (tertiary/aromatic N) is 1. The van der Waals surface area contributed by atoms with Crippen LogP contribution in [0.3, 0.4) is 0 Å². The molecule has 7 rings (SSSR count). The van der Waals surface area contributed by atoms with Gasteiger partial charge in [-0.1, -0.05) is 76.6 Å². The van der Waals surface area contributed by atoms with Gasteiger partial charge in [0.05, 0.1) is 21.8 Å². The molecule has 3 aromatic carbocycles. The van der Waals surface area contributed by atoms with Gasteiger partial charge in [-0.05, 0) is 34.4 Å². The first-order chi connectivity index (χ1) is 15.9. The minimum absolute atomic E-state index is 0.0815. The number of carbonyl (C=O) groups excluding carboxylic acids is 3. The van der Waals surface area contributed by atoms with E-state index < -0.39 is 28.6 Å². The second-order valence-electron chi connectivity index (χ2n) is 8.70. The number of nitrogens with one attached hydrogen (secondary N) is 1. The van der Waals surface area contributed by atoms with E-state index in [1.807, 2.05) is 48.5 Å². The molecule has 0 spiro atoms. The first-order valence-corrected chi connectivity index (χ1v) is 11.5. The van der Waals surface area contributed by atoms with Crippen molar-refractivity contribution in [1.29, 1.82) is 0 Å². The van der Waals surface area contributed by atoms with Crippen LogP contribution < -0.4 is 5.32 Å². The number of carbonyl (C=O) groups is 3. The van der Waals surface area contributed by atoms with Gasteiger partial charge in [-0.25, -0.2) is 0 Å². The summed E-state index contributed by atoms with van der Waals surface area (Å²) in [5.41, 5.74) is 4.30. The number of amides is 3. The molecular weight excluding hydrogens is 484 g/mol. The van der Waals surface area contributed by atoms with Crippen LogP contribution in [0.15, 0.2) is 72.8 Å². The summed E-state index contributed by atoms with van der Waals surface area (Å²) in [6.45, 7) is -0.401. The van der Waals surface area contributed by atoms with Crippen molar-refractivity contribution in [3.63, 3.8) is 0 Å². The maximum Gasteiger partial charge on any atom is 0.244 e. The third-order valence-corrected chi connectivity index (χ3v) is 8.43. The third kappa shape index (κ3) is 2.63. The maximum absolute atomic E-state index is 13.7. The quantitative estimate of drug-likeness (QED) is 0.324. The predicted molar refractivity (Wildman–Crippen MR) is 125 cm³/mol. The van der Waals surface area contributed by atoms with Crippen molar-refractivity contribution in [2.45, 2.75) is 10.2 Å². The number of para-hydroxylation sites is 2. The predicted octanol–water partition coefficient (Wildman–Crippen LogP) is 3.73. The van der Waals surface area contributed by atoms with E-state index in [4.69, 9.17) is 0 Å². The van der Waals surface area contributed by atoms with Crippen molar-refractivity contribution in [3.05, 3.63) is 95.1 Å². The Hall–Kier alpha value is -3.45. The third-order valence-electron chi connectivity index (χ3n) is 7.09. The average Bonchev–Trinajstić information content (AvgIpc) is 3.07. The van der Waals surface area contributed by atoms with Gasteiger partial charge in [0.2, 0.25) is 17.7 Å². The van der Waals surface area contributed by atoms with Crippen molar-refractivity contribution in [2.75, 3.05) is 11.9 Å². The van der Waals surface area contributed by atoms with Gasteiger partial charge in [0.25, 0.3) is 0 Å². The first-order valence-electron chi connectivity index (χ1n) is 10.7. The summed E-state index contributed by atoms with van der Waals surface area (Å²) in [5, 5.41) is 12.5. The lowest BCUT2D eigenvalue weighted by Gasteiger charge is -2.51. The number of likely N-dealkylation sites (tertiary alicyclic amines) is 1. The minimum atomic E-state index is -0.838. The van der Waals surface area contributed by atoms with Gasteiger partial charge in [-0.3, -0.25) is 19.3 Å². The molecule has 1 fully saturated rings. The monoisotopic (exact) mass is 502 g/mol. The lowest BCUT2D eigenvalue weighted by atomic mass is 9.55. The normalized spacial score (nSPS) is 26.6. The van der Waals surface area contributed by atoms with Gasteiger partial charge < -0.3 is 10.4 Å². The van der Waals surface area contributed by atoms with Crippen LogP contribution in [0, 0.1) is 11.8 Å². The number of imide groups is 1. The van der Waals surface area contributed by atoms with Crippen molar-refractivity contribution in [1.82, 2.24) is 4.90 Å². The van der Waals surface area contributed by atoms with Gasteiger partial charge >= 0.3 is 0 Å². The first kappa shape index (κ1) is 20.2. The highest BCUT2D eigenvalue weighted by molar-refractivity contribution is 9.09. The van der Waals surface area contributed by atoms with Crippen LogP contribution in [0.5, 0.6) is 5.75 Å². The molecular formula is C26H19BrN2O4. The molecule has 3 aromatic rings. The molecule has 0 unspecified atom stereocenters. The molecule has 0 aromatic heterocycles. The summed E-state index contributed by atoms with van der Waals surface area (Å²) in [7, 11) is 0. The van der Waals surface area contributed by atoms with Gasteiger partial charge in [0, 0.05) is 5.92 Å². The fourth-order valence-electron chi connectivity index (χ4n) is 5.81. The Kier molecular flexibility index (Phi) is 4.29. The molecule has 2 N–H and O–H groups in total. The van der Waals surface area contributed by atoms with Crippen LogP contribution in [0.4, 0.5) is 5.69 Å². The molecule has 3 aliphatic carbocycles. The zero-order valence-electron chi connectivity index (χ0n) is 17.4. The smallest absolute Gasteiger partial charge is 0.244 e. The van der Waals surface area contributed by atoms with E-state index in [0.717, 1.165) is 27.2 Å². The molecule has 2 atom stereocenters. The number of hydrogen-bond donors (Lipinski definition) is 2. The Labute approximate surface area is 198 Å². The molecule has 164 valence electrons. The molecule has 3 amide bonds.